The van der Waals surface area contributed by atoms with E-state index in [-0.39, 0.29) is 11.5 Å². The van der Waals surface area contributed by atoms with Crippen molar-refractivity contribution in [1.29, 1.82) is 0 Å². The third kappa shape index (κ3) is 3.30. The number of carbonyl (C=O) groups excluding carboxylic acids is 1. The fraction of sp³-hybridized carbons (Fsp3) is 0.588. The van der Waals surface area contributed by atoms with Gasteiger partial charge < -0.3 is 19.4 Å². The zero-order valence-electron chi connectivity index (χ0n) is 14.8. The number of nitrogens with one attached hydrogen (secondary N) is 1. The number of hydrogen-bond acceptors (Lipinski definition) is 4. The molecule has 2 aliphatic rings. The molecule has 0 radical (unpaired) electrons. The van der Waals surface area contributed by atoms with Crippen molar-refractivity contribution in [3.05, 3.63) is 29.3 Å². The van der Waals surface area contributed by atoms with Crippen LogP contribution < -0.4 is 10.8 Å². The lowest BCUT2D eigenvalue weighted by atomic mass is 9.77. The van der Waals surface area contributed by atoms with E-state index in [4.69, 9.17) is 14.0 Å². The van der Waals surface area contributed by atoms with Crippen molar-refractivity contribution in [1.82, 2.24) is 5.32 Å². The highest BCUT2D eigenvalue weighted by Crippen LogP contribution is 2.36. The molecule has 0 aromatic heterocycles. The van der Waals surface area contributed by atoms with Crippen LogP contribution in [0.25, 0.3) is 0 Å². The first-order valence-electron chi connectivity index (χ1n) is 8.34. The Morgan fingerprint density at radius 3 is 2.40 bits per heavy atom. The van der Waals surface area contributed by atoms with Gasteiger partial charge in [0.1, 0.15) is 17.2 Å². The average Bonchev–Trinajstić information content (AvgIpc) is 3.05. The largest absolute Gasteiger partial charge is 0.497 e. The van der Waals surface area contributed by atoms with Crippen LogP contribution in [-0.2, 0) is 14.0 Å². The van der Waals surface area contributed by atoms with Crippen molar-refractivity contribution in [3.8, 4) is 0 Å². The van der Waals surface area contributed by atoms with Crippen molar-refractivity contribution in [2.75, 3.05) is 13.2 Å². The molecule has 25 heavy (non-hydrogen) atoms. The van der Waals surface area contributed by atoms with Gasteiger partial charge in [-0.2, -0.15) is 0 Å². The number of hydrogen-bond donors (Lipinski definition) is 1. The zero-order chi connectivity index (χ0) is 18.4. The third-order valence-corrected chi connectivity index (χ3v) is 5.12. The van der Waals surface area contributed by atoms with Crippen molar-refractivity contribution >= 4 is 18.5 Å². The Balaban J connectivity index is 1.89. The Morgan fingerprint density at radius 1 is 1.20 bits per heavy atom. The van der Waals surface area contributed by atoms with Crippen LogP contribution in [0, 0.1) is 11.6 Å². The van der Waals surface area contributed by atoms with E-state index in [1.165, 1.54) is 6.07 Å². The molecule has 2 heterocycles. The van der Waals surface area contributed by atoms with E-state index < -0.39 is 41.4 Å². The molecule has 1 N–H and O–H groups in total. The molecular weight excluding hydrogens is 331 g/mol. The van der Waals surface area contributed by atoms with Gasteiger partial charge in [-0.1, -0.05) is 6.07 Å². The molecule has 1 unspecified atom stereocenters. The van der Waals surface area contributed by atoms with Gasteiger partial charge in [-0.25, -0.2) is 8.78 Å². The maximum Gasteiger partial charge on any atom is 0.497 e. The molecule has 1 aromatic carbocycles. The standard InChI is InChI=1S/C17H22BF2NO4/c1-16(2)17(3,4)25-18(24-16)11-5-6-12(19)13(14(11)20)15(22)21-10-7-8-23-9-10/h5-6,10H,7-9H2,1-4H3,(H,21,22). The maximum atomic E-state index is 14.9. The van der Waals surface area contributed by atoms with E-state index in [0.29, 0.717) is 19.6 Å². The van der Waals surface area contributed by atoms with Crippen LogP contribution in [0.2, 0.25) is 0 Å². The molecule has 2 fully saturated rings. The summed E-state index contributed by atoms with van der Waals surface area (Å²) >= 11 is 0. The topological polar surface area (TPSA) is 56.8 Å². The Hall–Kier alpha value is -1.51. The average molecular weight is 353 g/mol. The Morgan fingerprint density at radius 2 is 1.84 bits per heavy atom. The highest BCUT2D eigenvalue weighted by Gasteiger charge is 2.52. The van der Waals surface area contributed by atoms with Gasteiger partial charge >= 0.3 is 7.12 Å². The molecule has 0 aliphatic carbocycles. The second kappa shape index (κ2) is 6.34. The van der Waals surface area contributed by atoms with Crippen LogP contribution in [0.1, 0.15) is 44.5 Å². The molecule has 1 amide bonds. The first-order chi connectivity index (χ1) is 11.6. The fourth-order valence-corrected chi connectivity index (χ4v) is 2.83. The lowest BCUT2D eigenvalue weighted by Crippen LogP contribution is -2.41. The highest BCUT2D eigenvalue weighted by atomic mass is 19.1. The molecule has 2 aliphatic heterocycles. The van der Waals surface area contributed by atoms with Crippen molar-refractivity contribution in [3.63, 3.8) is 0 Å². The molecule has 1 atom stereocenters. The lowest BCUT2D eigenvalue weighted by molar-refractivity contribution is 0.00578. The first kappa shape index (κ1) is 18.3. The molecule has 2 saturated heterocycles. The number of carbonyl (C=O) groups is 1. The Bertz CT molecular complexity index is 673. The smallest absolute Gasteiger partial charge is 0.399 e. The van der Waals surface area contributed by atoms with Crippen LogP contribution in [0.4, 0.5) is 8.78 Å². The van der Waals surface area contributed by atoms with Gasteiger partial charge in [0.25, 0.3) is 5.91 Å². The van der Waals surface area contributed by atoms with Crippen molar-refractivity contribution < 1.29 is 27.6 Å². The van der Waals surface area contributed by atoms with Crippen molar-refractivity contribution in [2.45, 2.75) is 51.4 Å². The van der Waals surface area contributed by atoms with Crippen LogP contribution >= 0.6 is 0 Å². The number of rotatable bonds is 3. The summed E-state index contributed by atoms with van der Waals surface area (Å²) in [5.41, 5.74) is -1.95. The fourth-order valence-electron chi connectivity index (χ4n) is 2.83. The number of benzene rings is 1. The van der Waals surface area contributed by atoms with Crippen LogP contribution in [0.3, 0.4) is 0 Å². The molecule has 8 heteroatoms. The minimum atomic E-state index is -1.01. The predicted molar refractivity (Wildman–Crippen MR) is 88.8 cm³/mol. The summed E-state index contributed by atoms with van der Waals surface area (Å²) in [5.74, 6) is -2.69. The van der Waals surface area contributed by atoms with Gasteiger partial charge in [0.05, 0.1) is 23.9 Å². The van der Waals surface area contributed by atoms with E-state index >= 15 is 0 Å². The zero-order valence-corrected chi connectivity index (χ0v) is 14.8. The summed E-state index contributed by atoms with van der Waals surface area (Å²) in [5, 5.41) is 2.60. The number of halogens is 2. The van der Waals surface area contributed by atoms with E-state index in [2.05, 4.69) is 5.32 Å². The van der Waals surface area contributed by atoms with Crippen molar-refractivity contribution in [2.24, 2.45) is 0 Å². The molecule has 0 saturated carbocycles. The maximum absolute atomic E-state index is 14.9. The molecule has 1 aromatic rings. The quantitative estimate of drug-likeness (QED) is 0.842. The minimum absolute atomic E-state index is 0.00729. The monoisotopic (exact) mass is 353 g/mol. The summed E-state index contributed by atoms with van der Waals surface area (Å²) in [6.45, 7) is 8.20. The number of ether oxygens (including phenoxy) is 1. The Kier molecular flexibility index (Phi) is 4.64. The summed E-state index contributed by atoms with van der Waals surface area (Å²) < 4.78 is 45.8. The highest BCUT2D eigenvalue weighted by molar-refractivity contribution is 6.62. The molecule has 3 rings (SSSR count). The van der Waals surface area contributed by atoms with E-state index in [1.807, 2.05) is 27.7 Å². The van der Waals surface area contributed by atoms with Gasteiger partial charge in [0.2, 0.25) is 0 Å². The third-order valence-electron chi connectivity index (χ3n) is 5.12. The van der Waals surface area contributed by atoms with Crippen LogP contribution in [0.15, 0.2) is 12.1 Å². The van der Waals surface area contributed by atoms with E-state index in [9.17, 15) is 13.6 Å². The first-order valence-corrected chi connectivity index (χ1v) is 8.34. The molecule has 0 bridgehead atoms. The lowest BCUT2D eigenvalue weighted by Gasteiger charge is -2.32. The van der Waals surface area contributed by atoms with Gasteiger partial charge in [-0.05, 0) is 40.2 Å². The predicted octanol–water partition coefficient (Wildman–Crippen LogP) is 1.78. The minimum Gasteiger partial charge on any atom is -0.399 e. The second-order valence-electron chi connectivity index (χ2n) is 7.45. The molecule has 5 nitrogen and oxygen atoms in total. The van der Waals surface area contributed by atoms with Gasteiger partial charge in [0, 0.05) is 12.1 Å². The van der Waals surface area contributed by atoms with Gasteiger partial charge in [-0.3, -0.25) is 4.79 Å². The summed E-state index contributed by atoms with van der Waals surface area (Å²) in [6, 6.07) is 2.07. The van der Waals surface area contributed by atoms with Crippen LogP contribution in [0.5, 0.6) is 0 Å². The summed E-state index contributed by atoms with van der Waals surface area (Å²) in [6.07, 6.45) is 0.617. The van der Waals surface area contributed by atoms with E-state index in [1.54, 1.807) is 0 Å². The SMILES string of the molecule is CC1(C)OB(c2ccc(F)c(C(=O)NC3CCOC3)c2F)OC1(C)C. The molecule has 0 spiro atoms. The van der Waals surface area contributed by atoms with Crippen LogP contribution in [-0.4, -0.2) is 43.5 Å². The molecular formula is C17H22BF2NO4. The van der Waals surface area contributed by atoms with E-state index in [0.717, 1.165) is 6.07 Å². The second-order valence-corrected chi connectivity index (χ2v) is 7.45. The van der Waals surface area contributed by atoms with Gasteiger partial charge in [0.15, 0.2) is 0 Å². The molecule has 136 valence electrons. The summed E-state index contributed by atoms with van der Waals surface area (Å²) in [7, 11) is -1.01. The van der Waals surface area contributed by atoms with Gasteiger partial charge in [-0.15, -0.1) is 0 Å². The summed E-state index contributed by atoms with van der Waals surface area (Å²) in [4.78, 5) is 12.3. The normalized spacial score (nSPS) is 24.6. The number of amides is 1. The Labute approximate surface area is 146 Å².